The molecule has 0 spiro atoms. The van der Waals surface area contributed by atoms with Gasteiger partial charge in [-0.3, -0.25) is 0 Å². The summed E-state index contributed by atoms with van der Waals surface area (Å²) in [5.41, 5.74) is -0.0211. The lowest BCUT2D eigenvalue weighted by Gasteiger charge is -2.11. The van der Waals surface area contributed by atoms with Gasteiger partial charge in [-0.25, -0.2) is 0 Å². The van der Waals surface area contributed by atoms with Crippen LogP contribution in [0.4, 0.5) is 18.9 Å². The zero-order valence-corrected chi connectivity index (χ0v) is 11.3. The lowest BCUT2D eigenvalue weighted by molar-refractivity contribution is -0.137. The first kappa shape index (κ1) is 15.3. The van der Waals surface area contributed by atoms with E-state index in [0.717, 1.165) is 31.4 Å². The minimum atomic E-state index is -4.32. The van der Waals surface area contributed by atoms with Crippen LogP contribution >= 0.6 is 15.9 Å². The van der Waals surface area contributed by atoms with Gasteiger partial charge in [-0.1, -0.05) is 0 Å². The van der Waals surface area contributed by atoms with Crippen molar-refractivity contribution in [2.45, 2.75) is 25.4 Å². The van der Waals surface area contributed by atoms with E-state index >= 15 is 0 Å². The van der Waals surface area contributed by atoms with Crippen LogP contribution in [0.2, 0.25) is 0 Å². The minimum Gasteiger partial charge on any atom is -0.396 e. The maximum absolute atomic E-state index is 12.4. The van der Waals surface area contributed by atoms with Gasteiger partial charge in [0.25, 0.3) is 0 Å². The highest BCUT2D eigenvalue weighted by atomic mass is 79.9. The summed E-state index contributed by atoms with van der Waals surface area (Å²) in [5.74, 6) is 0. The fraction of sp³-hybridized carbons (Fsp3) is 0.500. The molecule has 0 fully saturated rings. The molecule has 0 atom stereocenters. The Morgan fingerprint density at radius 3 is 2.44 bits per heavy atom. The number of aliphatic hydroxyl groups is 1. The van der Waals surface area contributed by atoms with Crippen molar-refractivity contribution in [3.8, 4) is 0 Å². The van der Waals surface area contributed by atoms with Crippen LogP contribution in [0.3, 0.4) is 0 Å². The molecule has 102 valence electrons. The van der Waals surface area contributed by atoms with Gasteiger partial charge in [0, 0.05) is 23.3 Å². The van der Waals surface area contributed by atoms with Gasteiger partial charge >= 0.3 is 6.18 Å². The van der Waals surface area contributed by atoms with Crippen molar-refractivity contribution in [2.24, 2.45) is 0 Å². The second kappa shape index (κ2) is 6.99. The molecule has 1 rings (SSSR count). The largest absolute Gasteiger partial charge is 0.416 e. The second-order valence-electron chi connectivity index (χ2n) is 3.90. The third-order valence-electron chi connectivity index (χ3n) is 2.45. The van der Waals surface area contributed by atoms with E-state index in [1.165, 1.54) is 6.07 Å². The Balaban J connectivity index is 2.53. The van der Waals surface area contributed by atoms with Gasteiger partial charge in [-0.15, -0.1) is 0 Å². The second-order valence-corrected chi connectivity index (χ2v) is 4.76. The molecule has 2 nitrogen and oxygen atoms in total. The maximum atomic E-state index is 12.4. The first-order valence-electron chi connectivity index (χ1n) is 5.66. The topological polar surface area (TPSA) is 32.3 Å². The maximum Gasteiger partial charge on any atom is 0.416 e. The zero-order valence-electron chi connectivity index (χ0n) is 9.73. The summed E-state index contributed by atoms with van der Waals surface area (Å²) in [6.45, 7) is 0.841. The molecule has 0 bridgehead atoms. The monoisotopic (exact) mass is 325 g/mol. The summed E-state index contributed by atoms with van der Waals surface area (Å²) < 4.78 is 37.7. The number of hydrogen-bond donors (Lipinski definition) is 2. The first-order chi connectivity index (χ1) is 8.45. The highest BCUT2D eigenvalue weighted by molar-refractivity contribution is 9.10. The highest BCUT2D eigenvalue weighted by Crippen LogP contribution is 2.33. The molecule has 1 aromatic rings. The Hall–Kier alpha value is -0.750. The van der Waals surface area contributed by atoms with Crippen molar-refractivity contribution in [2.75, 3.05) is 18.5 Å². The van der Waals surface area contributed by atoms with Crippen molar-refractivity contribution in [1.82, 2.24) is 0 Å². The van der Waals surface area contributed by atoms with Crippen LogP contribution in [0, 0.1) is 0 Å². The third kappa shape index (κ3) is 4.86. The van der Waals surface area contributed by atoms with Crippen molar-refractivity contribution in [3.05, 3.63) is 28.2 Å². The third-order valence-corrected chi connectivity index (χ3v) is 3.10. The van der Waals surface area contributed by atoms with Gasteiger partial charge in [0.1, 0.15) is 0 Å². The number of halogens is 4. The van der Waals surface area contributed by atoms with Crippen LogP contribution < -0.4 is 5.32 Å². The molecule has 2 N–H and O–H groups in total. The molecule has 0 radical (unpaired) electrons. The van der Waals surface area contributed by atoms with Crippen LogP contribution in [0.1, 0.15) is 24.8 Å². The molecule has 0 aliphatic carbocycles. The molecule has 0 amide bonds. The number of benzene rings is 1. The summed E-state index contributed by atoms with van der Waals surface area (Å²) in [7, 11) is 0. The van der Waals surface area contributed by atoms with Crippen molar-refractivity contribution >= 4 is 21.6 Å². The van der Waals surface area contributed by atoms with Gasteiger partial charge in [-0.05, 0) is 53.4 Å². The molecular formula is C12H15BrF3NO. The van der Waals surface area contributed by atoms with Crippen LogP contribution in [-0.2, 0) is 6.18 Å². The Morgan fingerprint density at radius 2 is 1.89 bits per heavy atom. The fourth-order valence-corrected chi connectivity index (χ4v) is 1.99. The lowest BCUT2D eigenvalue weighted by Crippen LogP contribution is -2.07. The van der Waals surface area contributed by atoms with Crippen LogP contribution in [0.5, 0.6) is 0 Å². The van der Waals surface area contributed by atoms with E-state index in [1.54, 1.807) is 0 Å². The zero-order chi connectivity index (χ0) is 13.6. The molecule has 18 heavy (non-hydrogen) atoms. The Bertz CT molecular complexity index is 382. The highest BCUT2D eigenvalue weighted by Gasteiger charge is 2.30. The van der Waals surface area contributed by atoms with E-state index in [-0.39, 0.29) is 6.61 Å². The number of unbranched alkanes of at least 4 members (excludes halogenated alkanes) is 2. The molecule has 1 aromatic carbocycles. The van der Waals surface area contributed by atoms with Gasteiger partial charge in [0.15, 0.2) is 0 Å². The molecule has 6 heteroatoms. The van der Waals surface area contributed by atoms with Crippen LogP contribution in [0.25, 0.3) is 0 Å². The first-order valence-corrected chi connectivity index (χ1v) is 6.46. The van der Waals surface area contributed by atoms with Gasteiger partial charge in [-0.2, -0.15) is 13.2 Å². The number of aliphatic hydroxyl groups excluding tert-OH is 1. The van der Waals surface area contributed by atoms with E-state index in [2.05, 4.69) is 21.2 Å². The normalized spacial score (nSPS) is 11.6. The quantitative estimate of drug-likeness (QED) is 0.773. The molecule has 0 heterocycles. The average Bonchev–Trinajstić information content (AvgIpc) is 2.29. The molecule has 0 saturated heterocycles. The summed E-state index contributed by atoms with van der Waals surface area (Å²) in [5, 5.41) is 11.7. The van der Waals surface area contributed by atoms with Gasteiger partial charge in [0.05, 0.1) is 5.56 Å². The molecule has 0 unspecified atom stereocenters. The molecule has 0 aromatic heterocycles. The summed E-state index contributed by atoms with van der Waals surface area (Å²) in [6, 6.07) is 3.54. The summed E-state index contributed by atoms with van der Waals surface area (Å²) >= 11 is 3.12. The molecule has 0 saturated carbocycles. The average molecular weight is 326 g/mol. The van der Waals surface area contributed by atoms with Crippen molar-refractivity contribution in [3.63, 3.8) is 0 Å². The number of anilines is 1. The Morgan fingerprint density at radius 1 is 1.17 bits per heavy atom. The number of hydrogen-bond acceptors (Lipinski definition) is 2. The van der Waals surface area contributed by atoms with E-state index in [0.29, 0.717) is 16.7 Å². The SMILES string of the molecule is OCCCCCNc1ccc(C(F)(F)F)cc1Br. The van der Waals surface area contributed by atoms with E-state index in [4.69, 9.17) is 5.11 Å². The molecular weight excluding hydrogens is 311 g/mol. The summed E-state index contributed by atoms with van der Waals surface area (Å²) in [4.78, 5) is 0. The Labute approximate surface area is 112 Å². The predicted molar refractivity (Wildman–Crippen MR) is 68.6 cm³/mol. The fourth-order valence-electron chi connectivity index (χ4n) is 1.47. The van der Waals surface area contributed by atoms with Gasteiger partial charge in [0.2, 0.25) is 0 Å². The van der Waals surface area contributed by atoms with Crippen molar-refractivity contribution < 1.29 is 18.3 Å². The smallest absolute Gasteiger partial charge is 0.396 e. The number of alkyl halides is 3. The standard InChI is InChI=1S/C12H15BrF3NO/c13-10-8-9(12(14,15)16)4-5-11(10)17-6-2-1-3-7-18/h4-5,8,17-18H,1-3,6-7H2. The van der Waals surface area contributed by atoms with Crippen molar-refractivity contribution in [1.29, 1.82) is 0 Å². The summed E-state index contributed by atoms with van der Waals surface area (Å²) in [6.07, 6.45) is -1.81. The van der Waals surface area contributed by atoms with Gasteiger partial charge < -0.3 is 10.4 Å². The Kier molecular flexibility index (Phi) is 5.95. The minimum absolute atomic E-state index is 0.171. The van der Waals surface area contributed by atoms with E-state index in [1.807, 2.05) is 0 Å². The number of rotatable bonds is 6. The van der Waals surface area contributed by atoms with E-state index < -0.39 is 11.7 Å². The lowest BCUT2D eigenvalue weighted by atomic mass is 10.2. The molecule has 0 aliphatic heterocycles. The number of nitrogens with one attached hydrogen (secondary N) is 1. The predicted octanol–water partition coefficient (Wildman–Crippen LogP) is 4.04. The molecule has 0 aliphatic rings. The van der Waals surface area contributed by atoms with Crippen LogP contribution in [0.15, 0.2) is 22.7 Å². The van der Waals surface area contributed by atoms with Crippen LogP contribution in [-0.4, -0.2) is 18.3 Å². The van der Waals surface area contributed by atoms with E-state index in [9.17, 15) is 13.2 Å².